The van der Waals surface area contributed by atoms with Crippen molar-refractivity contribution in [2.45, 2.75) is 22.8 Å². The van der Waals surface area contributed by atoms with Crippen LogP contribution in [0.5, 0.6) is 0 Å². The van der Waals surface area contributed by atoms with E-state index in [4.69, 9.17) is 0 Å². The number of fused-ring (bicyclic) bond motifs is 2. The molecular formula is C17H18ClNOS2. The summed E-state index contributed by atoms with van der Waals surface area (Å²) in [5.41, 5.74) is 6.59. The van der Waals surface area contributed by atoms with Crippen molar-refractivity contribution < 1.29 is 4.21 Å². The molecule has 2 aromatic rings. The molecule has 116 valence electrons. The third-order valence-electron chi connectivity index (χ3n) is 4.24. The first-order chi connectivity index (χ1) is 10.3. The van der Waals surface area contributed by atoms with Crippen molar-refractivity contribution >= 4 is 40.1 Å². The lowest BCUT2D eigenvalue weighted by Crippen LogP contribution is -2.23. The molecule has 0 aliphatic carbocycles. The van der Waals surface area contributed by atoms with Crippen LogP contribution in [0.2, 0.25) is 0 Å². The van der Waals surface area contributed by atoms with Crippen LogP contribution >= 0.6 is 23.7 Å². The van der Waals surface area contributed by atoms with E-state index >= 15 is 0 Å². The SMILES string of the molecule is Cl.O=S1Cc2ccccc2C(=C2CCNCC2)c2ccsc21. The van der Waals surface area contributed by atoms with E-state index in [0.717, 1.165) is 30.1 Å². The fraction of sp³-hybridized carbons (Fsp3) is 0.294. The van der Waals surface area contributed by atoms with Gasteiger partial charge in [0.05, 0.1) is 20.8 Å². The number of hydrogen-bond acceptors (Lipinski definition) is 3. The van der Waals surface area contributed by atoms with Gasteiger partial charge in [-0.15, -0.1) is 23.7 Å². The van der Waals surface area contributed by atoms with Gasteiger partial charge in [-0.1, -0.05) is 29.8 Å². The van der Waals surface area contributed by atoms with Gasteiger partial charge < -0.3 is 5.32 Å². The molecule has 0 radical (unpaired) electrons. The molecule has 0 amide bonds. The summed E-state index contributed by atoms with van der Waals surface area (Å²) in [7, 11) is -0.919. The van der Waals surface area contributed by atoms with Crippen LogP contribution in [-0.4, -0.2) is 17.3 Å². The van der Waals surface area contributed by atoms with Crippen LogP contribution in [0.3, 0.4) is 0 Å². The fourth-order valence-electron chi connectivity index (χ4n) is 3.26. The van der Waals surface area contributed by atoms with Gasteiger partial charge in [0.25, 0.3) is 0 Å². The van der Waals surface area contributed by atoms with Gasteiger partial charge in [0.15, 0.2) is 0 Å². The molecule has 1 saturated heterocycles. The van der Waals surface area contributed by atoms with Crippen LogP contribution in [0.1, 0.15) is 29.5 Å². The van der Waals surface area contributed by atoms with E-state index in [1.54, 1.807) is 11.3 Å². The number of thiophene rings is 1. The van der Waals surface area contributed by atoms with Crippen molar-refractivity contribution in [1.82, 2.24) is 5.32 Å². The lowest BCUT2D eigenvalue weighted by molar-refractivity contribution is 0.611. The second kappa shape index (κ2) is 6.67. The summed E-state index contributed by atoms with van der Waals surface area (Å²) in [5.74, 6) is 0.638. The van der Waals surface area contributed by atoms with Gasteiger partial charge in [0.1, 0.15) is 0 Å². The normalized spacial score (nSPS) is 20.6. The van der Waals surface area contributed by atoms with Crippen molar-refractivity contribution in [2.24, 2.45) is 0 Å². The molecule has 0 spiro atoms. The molecular weight excluding hydrogens is 334 g/mol. The zero-order valence-corrected chi connectivity index (χ0v) is 14.6. The highest BCUT2D eigenvalue weighted by Gasteiger charge is 2.26. The standard InChI is InChI=1S/C17H17NOS2.ClH/c19-21-11-13-3-1-2-4-14(13)16(12-5-8-18-9-6-12)15-7-10-20-17(15)21;/h1-4,7,10,18H,5-6,8-9,11H2;1H. The Hall–Kier alpha value is -0.940. The zero-order valence-electron chi connectivity index (χ0n) is 12.1. The summed E-state index contributed by atoms with van der Waals surface area (Å²) < 4.78 is 13.7. The molecule has 1 fully saturated rings. The zero-order chi connectivity index (χ0) is 14.2. The molecule has 1 aromatic carbocycles. The summed E-state index contributed by atoms with van der Waals surface area (Å²) in [6.45, 7) is 2.09. The van der Waals surface area contributed by atoms with Crippen LogP contribution in [-0.2, 0) is 16.6 Å². The molecule has 5 heteroatoms. The summed E-state index contributed by atoms with van der Waals surface area (Å²) >= 11 is 1.64. The van der Waals surface area contributed by atoms with Crippen molar-refractivity contribution in [1.29, 1.82) is 0 Å². The molecule has 4 rings (SSSR count). The summed E-state index contributed by atoms with van der Waals surface area (Å²) in [6.07, 6.45) is 2.18. The first-order valence-corrected chi connectivity index (χ1v) is 9.52. The van der Waals surface area contributed by atoms with E-state index in [2.05, 4.69) is 41.0 Å². The predicted octanol–water partition coefficient (Wildman–Crippen LogP) is 3.98. The molecule has 2 aliphatic rings. The van der Waals surface area contributed by atoms with Gasteiger partial charge in [-0.05, 0) is 54.1 Å². The lowest BCUT2D eigenvalue weighted by Gasteiger charge is -2.21. The molecule has 3 heterocycles. The highest BCUT2D eigenvalue weighted by molar-refractivity contribution is 7.86. The number of rotatable bonds is 0. The molecule has 2 nitrogen and oxygen atoms in total. The Bertz CT molecular complexity index is 743. The number of benzene rings is 1. The van der Waals surface area contributed by atoms with Gasteiger partial charge in [0.2, 0.25) is 0 Å². The molecule has 22 heavy (non-hydrogen) atoms. The first kappa shape index (κ1) is 15.9. The van der Waals surface area contributed by atoms with E-state index in [9.17, 15) is 4.21 Å². The van der Waals surface area contributed by atoms with Crippen molar-refractivity contribution in [3.8, 4) is 0 Å². The van der Waals surface area contributed by atoms with Crippen LogP contribution in [0, 0.1) is 0 Å². The summed E-state index contributed by atoms with van der Waals surface area (Å²) in [4.78, 5) is 0. The molecule has 1 atom stereocenters. The third-order valence-corrected chi connectivity index (χ3v) is 7.00. The summed E-state index contributed by atoms with van der Waals surface area (Å²) in [5, 5.41) is 5.51. The van der Waals surface area contributed by atoms with E-state index in [1.165, 1.54) is 27.8 Å². The first-order valence-electron chi connectivity index (χ1n) is 7.32. The van der Waals surface area contributed by atoms with E-state index in [0.29, 0.717) is 5.75 Å². The van der Waals surface area contributed by atoms with Gasteiger partial charge >= 0.3 is 0 Å². The highest BCUT2D eigenvalue weighted by atomic mass is 35.5. The molecule has 1 unspecified atom stereocenters. The minimum absolute atomic E-state index is 0. The molecule has 2 aliphatic heterocycles. The van der Waals surface area contributed by atoms with Crippen molar-refractivity contribution in [2.75, 3.05) is 13.1 Å². The largest absolute Gasteiger partial charge is 0.316 e. The van der Waals surface area contributed by atoms with Gasteiger partial charge in [0, 0.05) is 5.56 Å². The maximum Gasteiger partial charge on any atom is 0.0992 e. The average molecular weight is 352 g/mol. The van der Waals surface area contributed by atoms with Gasteiger partial charge in [-0.3, -0.25) is 4.21 Å². The van der Waals surface area contributed by atoms with E-state index < -0.39 is 10.8 Å². The number of hydrogen-bond donors (Lipinski definition) is 1. The van der Waals surface area contributed by atoms with Crippen LogP contribution in [0.4, 0.5) is 0 Å². The van der Waals surface area contributed by atoms with Crippen molar-refractivity contribution in [3.63, 3.8) is 0 Å². The van der Waals surface area contributed by atoms with Gasteiger partial charge in [-0.2, -0.15) is 0 Å². The monoisotopic (exact) mass is 351 g/mol. The highest BCUT2D eigenvalue weighted by Crippen LogP contribution is 2.41. The second-order valence-corrected chi connectivity index (χ2v) is 8.06. The van der Waals surface area contributed by atoms with Crippen LogP contribution in [0.15, 0.2) is 45.5 Å². The Balaban J connectivity index is 0.00000144. The van der Waals surface area contributed by atoms with Crippen LogP contribution in [0.25, 0.3) is 5.57 Å². The minimum Gasteiger partial charge on any atom is -0.316 e. The number of nitrogens with one attached hydrogen (secondary N) is 1. The Morgan fingerprint density at radius 1 is 1.05 bits per heavy atom. The predicted molar refractivity (Wildman–Crippen MR) is 96.2 cm³/mol. The minimum atomic E-state index is -0.919. The van der Waals surface area contributed by atoms with Crippen molar-refractivity contribution in [3.05, 3.63) is 58.0 Å². The maximum absolute atomic E-state index is 12.6. The Morgan fingerprint density at radius 2 is 1.82 bits per heavy atom. The Kier molecular flexibility index (Phi) is 4.83. The quantitative estimate of drug-likeness (QED) is 0.778. The Labute approximate surface area is 143 Å². The third kappa shape index (κ3) is 2.69. The topological polar surface area (TPSA) is 29.1 Å². The van der Waals surface area contributed by atoms with Gasteiger partial charge in [-0.25, -0.2) is 0 Å². The Morgan fingerprint density at radius 3 is 2.64 bits per heavy atom. The molecule has 0 saturated carbocycles. The van der Waals surface area contributed by atoms with E-state index in [1.807, 2.05) is 0 Å². The molecule has 0 bridgehead atoms. The maximum atomic E-state index is 12.6. The number of piperidine rings is 1. The second-order valence-electron chi connectivity index (χ2n) is 5.50. The molecule has 1 aromatic heterocycles. The summed E-state index contributed by atoms with van der Waals surface area (Å²) in [6, 6.07) is 10.6. The lowest BCUT2D eigenvalue weighted by atomic mass is 9.88. The smallest absolute Gasteiger partial charge is 0.0992 e. The number of halogens is 1. The van der Waals surface area contributed by atoms with E-state index in [-0.39, 0.29) is 12.4 Å². The van der Waals surface area contributed by atoms with Crippen LogP contribution < -0.4 is 5.32 Å². The molecule has 1 N–H and O–H groups in total. The average Bonchev–Trinajstić information content (AvgIpc) is 2.96. The fourth-order valence-corrected chi connectivity index (χ4v) is 5.74.